The van der Waals surface area contributed by atoms with E-state index in [2.05, 4.69) is 5.32 Å². The van der Waals surface area contributed by atoms with Crippen molar-refractivity contribution in [1.29, 1.82) is 0 Å². The Bertz CT molecular complexity index is 458. The molecule has 0 spiro atoms. The van der Waals surface area contributed by atoms with E-state index in [9.17, 15) is 9.59 Å². The number of hydrogen-bond acceptors (Lipinski definition) is 3. The quantitative estimate of drug-likeness (QED) is 0.730. The van der Waals surface area contributed by atoms with Gasteiger partial charge in [-0.05, 0) is 31.0 Å². The summed E-state index contributed by atoms with van der Waals surface area (Å²) in [6.07, 6.45) is 1.47. The van der Waals surface area contributed by atoms with E-state index in [-0.39, 0.29) is 5.91 Å². The highest BCUT2D eigenvalue weighted by Gasteiger charge is 2.14. The molecule has 0 heterocycles. The number of benzene rings is 1. The second-order valence-corrected chi connectivity index (χ2v) is 4.28. The molecule has 0 aliphatic heterocycles. The molecule has 0 radical (unpaired) electrons. The van der Waals surface area contributed by atoms with Crippen molar-refractivity contribution in [2.45, 2.75) is 32.7 Å². The molecule has 1 rings (SSSR count). The third-order valence-electron chi connectivity index (χ3n) is 2.72. The van der Waals surface area contributed by atoms with Crippen LogP contribution in [0, 0.1) is 6.92 Å². The van der Waals surface area contributed by atoms with Crippen molar-refractivity contribution in [2.75, 3.05) is 5.32 Å². The molecule has 2 amide bonds. The molecule has 0 aliphatic carbocycles. The molecule has 18 heavy (non-hydrogen) atoms. The first kappa shape index (κ1) is 14.2. The smallest absolute Gasteiger partial charge is 0.248 e. The average Bonchev–Trinajstić information content (AvgIpc) is 2.31. The molecule has 1 unspecified atom stereocenters. The van der Waals surface area contributed by atoms with E-state index in [1.807, 2.05) is 13.8 Å². The molecule has 0 aliphatic rings. The van der Waals surface area contributed by atoms with Crippen molar-refractivity contribution in [3.05, 3.63) is 29.3 Å². The SMILES string of the molecule is CCCC(N)C(=O)Nc1cc(C(N)=O)ccc1C. The minimum Gasteiger partial charge on any atom is -0.366 e. The average molecular weight is 249 g/mol. The summed E-state index contributed by atoms with van der Waals surface area (Å²) >= 11 is 0. The highest BCUT2D eigenvalue weighted by Crippen LogP contribution is 2.17. The first-order valence-corrected chi connectivity index (χ1v) is 5.92. The second-order valence-electron chi connectivity index (χ2n) is 4.28. The van der Waals surface area contributed by atoms with Gasteiger partial charge in [0.2, 0.25) is 11.8 Å². The van der Waals surface area contributed by atoms with E-state index in [0.29, 0.717) is 17.7 Å². The second kappa shape index (κ2) is 6.16. The number of primary amides is 1. The fraction of sp³-hybridized carbons (Fsp3) is 0.385. The van der Waals surface area contributed by atoms with Crippen molar-refractivity contribution in [3.8, 4) is 0 Å². The first-order chi connectivity index (χ1) is 8.45. The van der Waals surface area contributed by atoms with Gasteiger partial charge >= 0.3 is 0 Å². The van der Waals surface area contributed by atoms with Gasteiger partial charge in [-0.15, -0.1) is 0 Å². The number of nitrogens with two attached hydrogens (primary N) is 2. The number of aryl methyl sites for hydroxylation is 1. The van der Waals surface area contributed by atoms with E-state index in [1.165, 1.54) is 0 Å². The zero-order valence-corrected chi connectivity index (χ0v) is 10.7. The third-order valence-corrected chi connectivity index (χ3v) is 2.72. The molecule has 98 valence electrons. The van der Waals surface area contributed by atoms with Gasteiger partial charge in [0.15, 0.2) is 0 Å². The van der Waals surface area contributed by atoms with E-state index in [0.717, 1.165) is 12.0 Å². The van der Waals surface area contributed by atoms with E-state index >= 15 is 0 Å². The lowest BCUT2D eigenvalue weighted by Gasteiger charge is -2.13. The topological polar surface area (TPSA) is 98.2 Å². The first-order valence-electron chi connectivity index (χ1n) is 5.92. The molecule has 0 aromatic heterocycles. The third kappa shape index (κ3) is 3.56. The zero-order valence-electron chi connectivity index (χ0n) is 10.7. The Hall–Kier alpha value is -1.88. The molecule has 5 heteroatoms. The number of carbonyl (C=O) groups is 2. The lowest BCUT2D eigenvalue weighted by molar-refractivity contribution is -0.117. The van der Waals surface area contributed by atoms with Crippen LogP contribution in [0.2, 0.25) is 0 Å². The van der Waals surface area contributed by atoms with Crippen molar-refractivity contribution in [2.24, 2.45) is 11.5 Å². The highest BCUT2D eigenvalue weighted by molar-refractivity contribution is 5.98. The maximum absolute atomic E-state index is 11.8. The normalized spacial score (nSPS) is 11.9. The maximum Gasteiger partial charge on any atom is 0.248 e. The van der Waals surface area contributed by atoms with Crippen molar-refractivity contribution < 1.29 is 9.59 Å². The molecule has 0 saturated heterocycles. The molecule has 5 nitrogen and oxygen atoms in total. The van der Waals surface area contributed by atoms with Crippen LogP contribution in [-0.4, -0.2) is 17.9 Å². The molecule has 5 N–H and O–H groups in total. The molecule has 1 aromatic carbocycles. The Morgan fingerprint density at radius 3 is 2.61 bits per heavy atom. The fourth-order valence-corrected chi connectivity index (χ4v) is 1.58. The van der Waals surface area contributed by atoms with Crippen LogP contribution in [-0.2, 0) is 4.79 Å². The Kier molecular flexibility index (Phi) is 4.85. The van der Waals surface area contributed by atoms with Crippen LogP contribution < -0.4 is 16.8 Å². The number of anilines is 1. The lowest BCUT2D eigenvalue weighted by atomic mass is 10.1. The number of amides is 2. The zero-order chi connectivity index (χ0) is 13.7. The van der Waals surface area contributed by atoms with Gasteiger partial charge in [0, 0.05) is 11.3 Å². The predicted molar refractivity (Wildman–Crippen MR) is 71.2 cm³/mol. The molecular formula is C13H19N3O2. The van der Waals surface area contributed by atoms with Crippen LogP contribution in [0.3, 0.4) is 0 Å². The summed E-state index contributed by atoms with van der Waals surface area (Å²) in [7, 11) is 0. The van der Waals surface area contributed by atoms with Gasteiger partial charge in [0.25, 0.3) is 0 Å². The van der Waals surface area contributed by atoms with Crippen LogP contribution in [0.4, 0.5) is 5.69 Å². The maximum atomic E-state index is 11.8. The Morgan fingerprint density at radius 2 is 2.06 bits per heavy atom. The summed E-state index contributed by atoms with van der Waals surface area (Å²) in [6, 6.07) is 4.39. The number of nitrogens with one attached hydrogen (secondary N) is 1. The molecule has 1 atom stereocenters. The van der Waals surface area contributed by atoms with Gasteiger partial charge in [-0.2, -0.15) is 0 Å². The van der Waals surface area contributed by atoms with Gasteiger partial charge in [-0.25, -0.2) is 0 Å². The number of rotatable bonds is 5. The lowest BCUT2D eigenvalue weighted by Crippen LogP contribution is -2.35. The van der Waals surface area contributed by atoms with Crippen LogP contribution in [0.15, 0.2) is 18.2 Å². The largest absolute Gasteiger partial charge is 0.366 e. The Balaban J connectivity index is 2.86. The summed E-state index contributed by atoms with van der Waals surface area (Å²) in [5, 5.41) is 2.72. The minimum absolute atomic E-state index is 0.249. The minimum atomic E-state index is -0.536. The molecule has 0 saturated carbocycles. The van der Waals surface area contributed by atoms with E-state index in [1.54, 1.807) is 18.2 Å². The van der Waals surface area contributed by atoms with E-state index < -0.39 is 11.9 Å². The standard InChI is InChI=1S/C13H19N3O2/c1-3-4-10(14)13(18)16-11-7-9(12(15)17)6-5-8(11)2/h5-7,10H,3-4,14H2,1-2H3,(H2,15,17)(H,16,18). The monoisotopic (exact) mass is 249 g/mol. The van der Waals surface area contributed by atoms with Crippen LogP contribution in [0.5, 0.6) is 0 Å². The summed E-state index contributed by atoms with van der Waals surface area (Å²) in [4.78, 5) is 22.9. The molecule has 0 bridgehead atoms. The fourth-order valence-electron chi connectivity index (χ4n) is 1.58. The molecule has 1 aromatic rings. The number of carbonyl (C=O) groups excluding carboxylic acids is 2. The predicted octanol–water partition coefficient (Wildman–Crippen LogP) is 1.16. The summed E-state index contributed by atoms with van der Waals surface area (Å²) in [6.45, 7) is 3.80. The van der Waals surface area contributed by atoms with Crippen LogP contribution >= 0.6 is 0 Å². The van der Waals surface area contributed by atoms with Crippen molar-refractivity contribution in [1.82, 2.24) is 0 Å². The van der Waals surface area contributed by atoms with Crippen molar-refractivity contribution in [3.63, 3.8) is 0 Å². The van der Waals surface area contributed by atoms with Gasteiger partial charge in [-0.1, -0.05) is 19.4 Å². The number of hydrogen-bond donors (Lipinski definition) is 3. The van der Waals surface area contributed by atoms with Crippen LogP contribution in [0.25, 0.3) is 0 Å². The summed E-state index contributed by atoms with van der Waals surface area (Å²) < 4.78 is 0. The van der Waals surface area contributed by atoms with Gasteiger partial charge in [0.1, 0.15) is 0 Å². The summed E-state index contributed by atoms with van der Waals surface area (Å²) in [5.41, 5.74) is 12.7. The Morgan fingerprint density at radius 1 is 1.39 bits per heavy atom. The van der Waals surface area contributed by atoms with Gasteiger partial charge in [0.05, 0.1) is 6.04 Å². The van der Waals surface area contributed by atoms with Crippen molar-refractivity contribution >= 4 is 17.5 Å². The van der Waals surface area contributed by atoms with Crippen LogP contribution in [0.1, 0.15) is 35.7 Å². The molecule has 0 fully saturated rings. The Labute approximate surface area is 107 Å². The molecular weight excluding hydrogens is 230 g/mol. The highest BCUT2D eigenvalue weighted by atomic mass is 16.2. The van der Waals surface area contributed by atoms with E-state index in [4.69, 9.17) is 11.5 Å². The van der Waals surface area contributed by atoms with Gasteiger partial charge < -0.3 is 16.8 Å². The van der Waals surface area contributed by atoms with Gasteiger partial charge in [-0.3, -0.25) is 9.59 Å². The summed E-state index contributed by atoms with van der Waals surface area (Å²) in [5.74, 6) is -0.773.